The highest BCUT2D eigenvalue weighted by Gasteiger charge is 2.24. The summed E-state index contributed by atoms with van der Waals surface area (Å²) in [5.41, 5.74) is 6.01. The molecule has 1 amide bonds. The predicted molar refractivity (Wildman–Crippen MR) is 102 cm³/mol. The second-order valence-corrected chi connectivity index (χ2v) is 7.72. The molecule has 132 valence electrons. The summed E-state index contributed by atoms with van der Waals surface area (Å²) in [5.74, 6) is -0.0672. The second kappa shape index (κ2) is 9.07. The SMILES string of the molecule is C=CCOc1ccc(OS(C)(=O)=O)c(I)c1C(CC=C)CC(N)=O. The maximum absolute atomic E-state index is 11.4. The molecule has 1 aromatic carbocycles. The van der Waals surface area contributed by atoms with E-state index in [-0.39, 0.29) is 24.7 Å². The summed E-state index contributed by atoms with van der Waals surface area (Å²) >= 11 is 1.98. The van der Waals surface area contributed by atoms with Crippen LogP contribution in [0.5, 0.6) is 11.5 Å². The minimum absolute atomic E-state index is 0.0782. The number of halogens is 1. The zero-order valence-corrected chi connectivity index (χ0v) is 16.3. The molecular formula is C16H20INO5S. The molecule has 1 rings (SSSR count). The van der Waals surface area contributed by atoms with Gasteiger partial charge in [0.15, 0.2) is 5.75 Å². The smallest absolute Gasteiger partial charge is 0.306 e. The minimum Gasteiger partial charge on any atom is -0.489 e. The molecular weight excluding hydrogens is 445 g/mol. The van der Waals surface area contributed by atoms with Gasteiger partial charge in [0.1, 0.15) is 12.4 Å². The van der Waals surface area contributed by atoms with Gasteiger partial charge in [-0.05, 0) is 41.1 Å². The number of nitrogens with two attached hydrogens (primary N) is 1. The minimum atomic E-state index is -3.68. The van der Waals surface area contributed by atoms with E-state index in [1.54, 1.807) is 18.2 Å². The highest BCUT2D eigenvalue weighted by Crippen LogP contribution is 2.40. The number of ether oxygens (including phenoxy) is 1. The summed E-state index contributed by atoms with van der Waals surface area (Å²) in [6, 6.07) is 3.12. The lowest BCUT2D eigenvalue weighted by atomic mass is 9.91. The summed E-state index contributed by atoms with van der Waals surface area (Å²) in [4.78, 5) is 11.4. The number of amides is 1. The van der Waals surface area contributed by atoms with Gasteiger partial charge in [-0.15, -0.1) is 6.58 Å². The van der Waals surface area contributed by atoms with Gasteiger partial charge in [0.25, 0.3) is 0 Å². The van der Waals surface area contributed by atoms with Crippen molar-refractivity contribution < 1.29 is 22.1 Å². The van der Waals surface area contributed by atoms with Crippen molar-refractivity contribution in [1.29, 1.82) is 0 Å². The molecule has 6 nitrogen and oxygen atoms in total. The standard InChI is InChI=1S/C16H20INO5S/c1-4-6-11(10-14(18)19)15-12(22-9-5-2)7-8-13(16(15)17)23-24(3,20)21/h4-5,7-8,11H,1-2,6,9-10H2,3H3,(H2,18,19). The van der Waals surface area contributed by atoms with E-state index in [1.807, 2.05) is 22.6 Å². The Morgan fingerprint density at radius 1 is 1.33 bits per heavy atom. The Balaban J connectivity index is 3.46. The van der Waals surface area contributed by atoms with Crippen LogP contribution >= 0.6 is 22.6 Å². The molecule has 0 bridgehead atoms. The van der Waals surface area contributed by atoms with Crippen LogP contribution in [0.3, 0.4) is 0 Å². The maximum Gasteiger partial charge on any atom is 0.306 e. The highest BCUT2D eigenvalue weighted by molar-refractivity contribution is 14.1. The third-order valence-electron chi connectivity index (χ3n) is 3.01. The number of primary amides is 1. The first-order valence-electron chi connectivity index (χ1n) is 7.04. The fourth-order valence-electron chi connectivity index (χ4n) is 2.18. The third-order valence-corrected chi connectivity index (χ3v) is 4.60. The van der Waals surface area contributed by atoms with Gasteiger partial charge in [-0.2, -0.15) is 8.42 Å². The summed E-state index contributed by atoms with van der Waals surface area (Å²) in [6.07, 6.45) is 4.79. The molecule has 1 atom stereocenters. The lowest BCUT2D eigenvalue weighted by Crippen LogP contribution is -2.17. The topological polar surface area (TPSA) is 95.7 Å². The Morgan fingerprint density at radius 3 is 2.46 bits per heavy atom. The first-order chi connectivity index (χ1) is 11.2. The molecule has 0 aliphatic heterocycles. The number of carbonyl (C=O) groups excluding carboxylic acids is 1. The van der Waals surface area contributed by atoms with Crippen molar-refractivity contribution in [2.24, 2.45) is 5.73 Å². The molecule has 1 unspecified atom stereocenters. The molecule has 1 aromatic rings. The first-order valence-corrected chi connectivity index (χ1v) is 9.93. The van der Waals surface area contributed by atoms with Crippen molar-refractivity contribution in [3.63, 3.8) is 0 Å². The zero-order chi connectivity index (χ0) is 18.3. The number of hydrogen-bond donors (Lipinski definition) is 1. The van der Waals surface area contributed by atoms with Crippen LogP contribution in [0.25, 0.3) is 0 Å². The molecule has 8 heteroatoms. The van der Waals surface area contributed by atoms with Crippen LogP contribution in [-0.2, 0) is 14.9 Å². The summed E-state index contributed by atoms with van der Waals surface area (Å²) in [6.45, 7) is 7.57. The van der Waals surface area contributed by atoms with Gasteiger partial charge in [0, 0.05) is 17.9 Å². The summed E-state index contributed by atoms with van der Waals surface area (Å²) < 4.78 is 34.1. The third kappa shape index (κ3) is 6.16. The van der Waals surface area contributed by atoms with E-state index in [0.717, 1.165) is 6.26 Å². The molecule has 0 radical (unpaired) electrons. The number of allylic oxidation sites excluding steroid dienone is 1. The normalized spacial score (nSPS) is 12.2. The number of carbonyl (C=O) groups is 1. The quantitative estimate of drug-likeness (QED) is 0.326. The molecule has 0 saturated carbocycles. The fraction of sp³-hybridized carbons (Fsp3) is 0.312. The van der Waals surface area contributed by atoms with Crippen LogP contribution in [0.15, 0.2) is 37.4 Å². The lowest BCUT2D eigenvalue weighted by Gasteiger charge is -2.21. The van der Waals surface area contributed by atoms with Crippen molar-refractivity contribution in [1.82, 2.24) is 0 Å². The maximum atomic E-state index is 11.4. The average Bonchev–Trinajstić information content (AvgIpc) is 2.45. The molecule has 0 fully saturated rings. The van der Waals surface area contributed by atoms with Crippen LogP contribution in [0.4, 0.5) is 0 Å². The second-order valence-electron chi connectivity index (χ2n) is 5.07. The van der Waals surface area contributed by atoms with Crippen molar-refractivity contribution in [3.8, 4) is 11.5 Å². The van der Waals surface area contributed by atoms with E-state index >= 15 is 0 Å². The van der Waals surface area contributed by atoms with Crippen molar-refractivity contribution in [2.75, 3.05) is 12.9 Å². The van der Waals surface area contributed by atoms with E-state index < -0.39 is 16.0 Å². The van der Waals surface area contributed by atoms with Crippen LogP contribution in [0.2, 0.25) is 0 Å². The van der Waals surface area contributed by atoms with Crippen molar-refractivity contribution >= 4 is 38.6 Å². The molecule has 0 aromatic heterocycles. The molecule has 2 N–H and O–H groups in total. The van der Waals surface area contributed by atoms with Crippen molar-refractivity contribution in [3.05, 3.63) is 46.6 Å². The molecule has 0 spiro atoms. The van der Waals surface area contributed by atoms with Crippen LogP contribution in [0.1, 0.15) is 24.3 Å². The zero-order valence-electron chi connectivity index (χ0n) is 13.3. The Morgan fingerprint density at radius 2 is 1.96 bits per heavy atom. The van der Waals surface area contributed by atoms with E-state index in [9.17, 15) is 13.2 Å². The van der Waals surface area contributed by atoms with E-state index in [2.05, 4.69) is 13.2 Å². The Kier molecular flexibility index (Phi) is 7.74. The molecule has 0 heterocycles. The van der Waals surface area contributed by atoms with Gasteiger partial charge in [0.05, 0.1) is 9.83 Å². The van der Waals surface area contributed by atoms with Gasteiger partial charge in [-0.25, -0.2) is 0 Å². The highest BCUT2D eigenvalue weighted by atomic mass is 127. The van der Waals surface area contributed by atoms with Crippen LogP contribution in [-0.4, -0.2) is 27.2 Å². The summed E-state index contributed by atoms with van der Waals surface area (Å²) in [7, 11) is -3.68. The van der Waals surface area contributed by atoms with Gasteiger partial charge < -0.3 is 14.7 Å². The Labute approximate surface area is 156 Å². The molecule has 0 aliphatic rings. The van der Waals surface area contributed by atoms with Gasteiger partial charge in [-0.1, -0.05) is 18.7 Å². The fourth-order valence-corrected chi connectivity index (χ4v) is 3.80. The van der Waals surface area contributed by atoms with Crippen LogP contribution in [0, 0.1) is 3.57 Å². The number of hydrogen-bond acceptors (Lipinski definition) is 5. The monoisotopic (exact) mass is 465 g/mol. The molecule has 0 saturated heterocycles. The molecule has 24 heavy (non-hydrogen) atoms. The van der Waals surface area contributed by atoms with Gasteiger partial charge in [0.2, 0.25) is 5.91 Å². The Hall–Kier alpha value is -1.55. The largest absolute Gasteiger partial charge is 0.489 e. The van der Waals surface area contributed by atoms with Gasteiger partial charge in [-0.3, -0.25) is 4.79 Å². The van der Waals surface area contributed by atoms with E-state index in [4.69, 9.17) is 14.7 Å². The first kappa shape index (κ1) is 20.5. The van der Waals surface area contributed by atoms with Crippen LogP contribution < -0.4 is 14.7 Å². The van der Waals surface area contributed by atoms with Gasteiger partial charge >= 0.3 is 10.1 Å². The van der Waals surface area contributed by atoms with Crippen molar-refractivity contribution in [2.45, 2.75) is 18.8 Å². The average molecular weight is 465 g/mol. The van der Waals surface area contributed by atoms with E-state index in [0.29, 0.717) is 21.3 Å². The number of benzene rings is 1. The Bertz CT molecular complexity index is 730. The summed E-state index contributed by atoms with van der Waals surface area (Å²) in [5, 5.41) is 0. The molecule has 0 aliphatic carbocycles. The predicted octanol–water partition coefficient (Wildman–Crippen LogP) is 2.73. The van der Waals surface area contributed by atoms with E-state index in [1.165, 1.54) is 6.07 Å². The number of rotatable bonds is 10. The lowest BCUT2D eigenvalue weighted by molar-refractivity contribution is -0.118.